The van der Waals surface area contributed by atoms with Gasteiger partial charge in [0, 0.05) is 6.54 Å². The molecule has 0 aromatic heterocycles. The van der Waals surface area contributed by atoms with Crippen LogP contribution in [0.25, 0.3) is 0 Å². The van der Waals surface area contributed by atoms with Crippen LogP contribution in [0.3, 0.4) is 0 Å². The number of fused-ring (bicyclic) bond motifs is 1. The van der Waals surface area contributed by atoms with Gasteiger partial charge in [0.05, 0.1) is 11.1 Å². The summed E-state index contributed by atoms with van der Waals surface area (Å²) in [4.78, 5) is 0. The van der Waals surface area contributed by atoms with Gasteiger partial charge >= 0.3 is 0 Å². The van der Waals surface area contributed by atoms with Crippen LogP contribution < -0.4 is 14.8 Å². The highest BCUT2D eigenvalue weighted by Crippen LogP contribution is 2.39. The zero-order valence-electron chi connectivity index (χ0n) is 12.0. The smallest absolute Gasteiger partial charge is 0.179 e. The second-order valence-electron chi connectivity index (χ2n) is 5.21. The van der Waals surface area contributed by atoms with E-state index >= 15 is 0 Å². The first kappa shape index (κ1) is 15.4. The van der Waals surface area contributed by atoms with Crippen molar-refractivity contribution in [1.29, 1.82) is 0 Å². The molecule has 1 aromatic carbocycles. The molecule has 2 N–H and O–H groups in total. The quantitative estimate of drug-likeness (QED) is 0.848. The fourth-order valence-corrected chi connectivity index (χ4v) is 2.33. The van der Waals surface area contributed by atoms with Crippen molar-refractivity contribution in [2.24, 2.45) is 5.92 Å². The van der Waals surface area contributed by atoms with Crippen LogP contribution in [0.5, 0.6) is 11.5 Å². The molecule has 112 valence electrons. The highest BCUT2D eigenvalue weighted by Gasteiger charge is 2.19. The maximum absolute atomic E-state index is 10.2. The van der Waals surface area contributed by atoms with Gasteiger partial charge in [0.1, 0.15) is 13.2 Å². The number of ether oxygens (including phenoxy) is 2. The minimum atomic E-state index is -0.604. The molecule has 0 aliphatic carbocycles. The second-order valence-corrected chi connectivity index (χ2v) is 5.62. The Labute approximate surface area is 125 Å². The van der Waals surface area contributed by atoms with Crippen LogP contribution in [0.4, 0.5) is 0 Å². The van der Waals surface area contributed by atoms with Gasteiger partial charge in [0.15, 0.2) is 11.5 Å². The third-order valence-corrected chi connectivity index (χ3v) is 3.81. The summed E-state index contributed by atoms with van der Waals surface area (Å²) < 4.78 is 11.0. The summed E-state index contributed by atoms with van der Waals surface area (Å²) in [6, 6.07) is 3.54. The van der Waals surface area contributed by atoms with E-state index in [1.165, 1.54) is 0 Å². The third-order valence-electron chi connectivity index (χ3n) is 3.53. The standard InChI is InChI=1S/C15H22ClNO3/c1-3-10(2)8-17-9-13(18)11-6-12(16)15-14(7-11)19-4-5-20-15/h6-7,10,13,17-18H,3-5,8-9H2,1-2H3. The summed E-state index contributed by atoms with van der Waals surface area (Å²) >= 11 is 6.16. The number of benzene rings is 1. The molecule has 20 heavy (non-hydrogen) atoms. The normalized spacial score (nSPS) is 16.8. The van der Waals surface area contributed by atoms with E-state index in [-0.39, 0.29) is 0 Å². The van der Waals surface area contributed by atoms with Gasteiger partial charge in [-0.1, -0.05) is 31.9 Å². The molecule has 0 bridgehead atoms. The molecular weight excluding hydrogens is 278 g/mol. The van der Waals surface area contributed by atoms with Crippen molar-refractivity contribution in [3.05, 3.63) is 22.7 Å². The summed E-state index contributed by atoms with van der Waals surface area (Å²) in [7, 11) is 0. The van der Waals surface area contributed by atoms with Crippen molar-refractivity contribution in [2.45, 2.75) is 26.4 Å². The summed E-state index contributed by atoms with van der Waals surface area (Å²) in [5.41, 5.74) is 0.746. The van der Waals surface area contributed by atoms with E-state index in [0.717, 1.165) is 18.5 Å². The molecule has 2 unspecified atom stereocenters. The molecule has 0 fully saturated rings. The molecule has 0 amide bonds. The SMILES string of the molecule is CCC(C)CNCC(O)c1cc(Cl)c2c(c1)OCCO2. The number of hydrogen-bond acceptors (Lipinski definition) is 4. The van der Waals surface area contributed by atoms with Crippen LogP contribution in [0.15, 0.2) is 12.1 Å². The molecule has 1 aromatic rings. The molecule has 0 saturated carbocycles. The molecule has 0 radical (unpaired) electrons. The maximum Gasteiger partial charge on any atom is 0.179 e. The fraction of sp³-hybridized carbons (Fsp3) is 0.600. The van der Waals surface area contributed by atoms with Crippen LogP contribution >= 0.6 is 11.6 Å². The highest BCUT2D eigenvalue weighted by molar-refractivity contribution is 6.32. The number of aliphatic hydroxyl groups is 1. The van der Waals surface area contributed by atoms with Crippen LogP contribution in [0, 0.1) is 5.92 Å². The molecule has 1 aliphatic rings. The zero-order valence-corrected chi connectivity index (χ0v) is 12.7. The molecule has 1 aliphatic heterocycles. The number of rotatable bonds is 6. The lowest BCUT2D eigenvalue weighted by molar-refractivity contribution is 0.162. The van der Waals surface area contributed by atoms with Crippen molar-refractivity contribution in [3.8, 4) is 11.5 Å². The summed E-state index contributed by atoms with van der Waals surface area (Å²) in [5, 5.41) is 14.0. The van der Waals surface area contributed by atoms with E-state index in [1.807, 2.05) is 0 Å². The number of halogens is 1. The summed E-state index contributed by atoms with van der Waals surface area (Å²) in [6.07, 6.45) is 0.520. The van der Waals surface area contributed by atoms with E-state index in [9.17, 15) is 5.11 Å². The molecule has 2 rings (SSSR count). The minimum Gasteiger partial charge on any atom is -0.486 e. The predicted molar refractivity (Wildman–Crippen MR) is 79.7 cm³/mol. The first-order valence-corrected chi connectivity index (χ1v) is 7.47. The average Bonchev–Trinajstić information content (AvgIpc) is 2.46. The number of nitrogens with one attached hydrogen (secondary N) is 1. The summed E-state index contributed by atoms with van der Waals surface area (Å²) in [5.74, 6) is 1.78. The topological polar surface area (TPSA) is 50.7 Å². The Morgan fingerprint density at radius 3 is 2.80 bits per heavy atom. The zero-order chi connectivity index (χ0) is 14.5. The average molecular weight is 300 g/mol. The molecule has 5 heteroatoms. The molecular formula is C15H22ClNO3. The van der Waals surface area contributed by atoms with Crippen LogP contribution in [0.1, 0.15) is 31.9 Å². The fourth-order valence-electron chi connectivity index (χ4n) is 2.05. The Balaban J connectivity index is 1.99. The van der Waals surface area contributed by atoms with Crippen molar-refractivity contribution in [1.82, 2.24) is 5.32 Å². The molecule has 0 saturated heterocycles. The lowest BCUT2D eigenvalue weighted by atomic mass is 10.1. The van der Waals surface area contributed by atoms with Gasteiger partial charge in [-0.25, -0.2) is 0 Å². The van der Waals surface area contributed by atoms with Crippen molar-refractivity contribution in [2.75, 3.05) is 26.3 Å². The van der Waals surface area contributed by atoms with Gasteiger partial charge in [-0.2, -0.15) is 0 Å². The first-order chi connectivity index (χ1) is 9.61. The second kappa shape index (κ2) is 7.16. The van der Waals surface area contributed by atoms with Crippen LogP contribution in [-0.2, 0) is 0 Å². The highest BCUT2D eigenvalue weighted by atomic mass is 35.5. The van der Waals surface area contributed by atoms with E-state index in [0.29, 0.717) is 42.2 Å². The van der Waals surface area contributed by atoms with Gasteiger partial charge < -0.3 is 19.9 Å². The van der Waals surface area contributed by atoms with E-state index in [2.05, 4.69) is 19.2 Å². The lowest BCUT2D eigenvalue weighted by Crippen LogP contribution is -2.26. The van der Waals surface area contributed by atoms with Crippen molar-refractivity contribution < 1.29 is 14.6 Å². The number of hydrogen-bond donors (Lipinski definition) is 2. The minimum absolute atomic E-state index is 0.484. The first-order valence-electron chi connectivity index (χ1n) is 7.09. The van der Waals surface area contributed by atoms with Gasteiger partial charge in [-0.05, 0) is 30.2 Å². The summed E-state index contributed by atoms with van der Waals surface area (Å²) in [6.45, 7) is 6.75. The molecule has 2 atom stereocenters. The van der Waals surface area contributed by atoms with Gasteiger partial charge in [0.25, 0.3) is 0 Å². The third kappa shape index (κ3) is 3.78. The largest absolute Gasteiger partial charge is 0.486 e. The van der Waals surface area contributed by atoms with Crippen LogP contribution in [-0.4, -0.2) is 31.4 Å². The van der Waals surface area contributed by atoms with Crippen molar-refractivity contribution >= 4 is 11.6 Å². The molecule has 1 heterocycles. The van der Waals surface area contributed by atoms with Crippen LogP contribution in [0.2, 0.25) is 5.02 Å². The van der Waals surface area contributed by atoms with E-state index < -0.39 is 6.10 Å². The monoisotopic (exact) mass is 299 g/mol. The maximum atomic E-state index is 10.2. The predicted octanol–water partition coefficient (Wildman–Crippen LogP) is 2.78. The van der Waals surface area contributed by atoms with Gasteiger partial charge in [0.2, 0.25) is 0 Å². The molecule has 0 spiro atoms. The molecule has 4 nitrogen and oxygen atoms in total. The van der Waals surface area contributed by atoms with Gasteiger partial charge in [-0.3, -0.25) is 0 Å². The Bertz CT molecular complexity index is 453. The number of aliphatic hydroxyl groups excluding tert-OH is 1. The van der Waals surface area contributed by atoms with E-state index in [1.54, 1.807) is 12.1 Å². The Hall–Kier alpha value is -0.970. The Morgan fingerprint density at radius 1 is 1.30 bits per heavy atom. The lowest BCUT2D eigenvalue weighted by Gasteiger charge is -2.22. The Morgan fingerprint density at radius 2 is 2.05 bits per heavy atom. The van der Waals surface area contributed by atoms with Crippen molar-refractivity contribution in [3.63, 3.8) is 0 Å². The van der Waals surface area contributed by atoms with Gasteiger partial charge in [-0.15, -0.1) is 0 Å². The van der Waals surface area contributed by atoms with E-state index in [4.69, 9.17) is 21.1 Å². The Kier molecular flexibility index (Phi) is 5.52.